The predicted molar refractivity (Wildman–Crippen MR) is 142 cm³/mol. The van der Waals surface area contributed by atoms with Crippen molar-refractivity contribution in [3.63, 3.8) is 0 Å². The van der Waals surface area contributed by atoms with Crippen LogP contribution in [0.3, 0.4) is 0 Å². The van der Waals surface area contributed by atoms with Crippen LogP contribution in [0.1, 0.15) is 54.6 Å². The van der Waals surface area contributed by atoms with Gasteiger partial charge in [-0.2, -0.15) is 5.10 Å². The van der Waals surface area contributed by atoms with E-state index >= 15 is 0 Å². The normalized spacial score (nSPS) is 11.6. The van der Waals surface area contributed by atoms with Crippen LogP contribution in [0.5, 0.6) is 17.2 Å². The van der Waals surface area contributed by atoms with Crippen LogP contribution in [0, 0.1) is 10.1 Å². The standard InChI is InChI=1S/C28H29N3O7/c1-4-19(3)21-9-13-24(14-10-21)37-18-27(32)30-29-17-20-6-15-25(26(16-20)36-5-2)38-28(33)22-7-11-23(12-8-22)31(34)35/h6-17,19H,4-5,18H2,1-3H3,(H,30,32). The number of hydrogen-bond donors (Lipinski definition) is 1. The minimum atomic E-state index is -0.691. The minimum Gasteiger partial charge on any atom is -0.490 e. The Labute approximate surface area is 220 Å². The fourth-order valence-corrected chi connectivity index (χ4v) is 3.32. The van der Waals surface area contributed by atoms with Gasteiger partial charge in [-0.25, -0.2) is 10.2 Å². The molecule has 1 N–H and O–H groups in total. The zero-order chi connectivity index (χ0) is 27.5. The molecule has 3 aromatic rings. The molecule has 3 aromatic carbocycles. The Balaban J connectivity index is 1.56. The summed E-state index contributed by atoms with van der Waals surface area (Å²) in [6.45, 7) is 6.18. The molecule has 1 unspecified atom stereocenters. The van der Waals surface area contributed by atoms with Crippen LogP contribution in [0.2, 0.25) is 0 Å². The number of esters is 1. The number of hydrazone groups is 1. The van der Waals surface area contributed by atoms with Gasteiger partial charge in [0.1, 0.15) is 5.75 Å². The number of ether oxygens (including phenoxy) is 3. The maximum atomic E-state index is 12.5. The molecule has 0 aliphatic heterocycles. The van der Waals surface area contributed by atoms with E-state index < -0.39 is 16.8 Å². The van der Waals surface area contributed by atoms with Crippen molar-refractivity contribution in [2.45, 2.75) is 33.1 Å². The largest absolute Gasteiger partial charge is 0.490 e. The summed E-state index contributed by atoms with van der Waals surface area (Å²) in [5, 5.41) is 14.7. The SMILES string of the molecule is CCOc1cc(C=NNC(=O)COc2ccc(C(C)CC)cc2)ccc1OC(=O)c1ccc([N+](=O)[O-])cc1. The Bertz CT molecular complexity index is 1290. The molecular formula is C28H29N3O7. The maximum Gasteiger partial charge on any atom is 0.343 e. The summed E-state index contributed by atoms with van der Waals surface area (Å²) in [6.07, 6.45) is 2.46. The Morgan fingerprint density at radius 2 is 1.71 bits per heavy atom. The molecule has 10 heteroatoms. The van der Waals surface area contributed by atoms with Crippen molar-refractivity contribution in [1.82, 2.24) is 5.43 Å². The van der Waals surface area contributed by atoms with Gasteiger partial charge in [0.05, 0.1) is 23.3 Å². The molecule has 0 heterocycles. The average Bonchev–Trinajstić information content (AvgIpc) is 2.93. The van der Waals surface area contributed by atoms with E-state index in [1.165, 1.54) is 42.1 Å². The first-order chi connectivity index (χ1) is 18.3. The number of nitro groups is 1. The fraction of sp³-hybridized carbons (Fsp3) is 0.250. The molecule has 1 atom stereocenters. The highest BCUT2D eigenvalue weighted by Crippen LogP contribution is 2.29. The summed E-state index contributed by atoms with van der Waals surface area (Å²) in [5.41, 5.74) is 4.23. The van der Waals surface area contributed by atoms with E-state index in [1.807, 2.05) is 24.3 Å². The van der Waals surface area contributed by atoms with Gasteiger partial charge in [0, 0.05) is 12.1 Å². The molecule has 38 heavy (non-hydrogen) atoms. The summed E-state index contributed by atoms with van der Waals surface area (Å²) in [5.74, 6) is 0.402. The van der Waals surface area contributed by atoms with Crippen LogP contribution < -0.4 is 19.6 Å². The lowest BCUT2D eigenvalue weighted by Crippen LogP contribution is -2.24. The number of nitrogens with zero attached hydrogens (tertiary/aromatic N) is 2. The van der Waals surface area contributed by atoms with Crippen LogP contribution >= 0.6 is 0 Å². The number of carbonyl (C=O) groups is 2. The van der Waals surface area contributed by atoms with E-state index in [9.17, 15) is 19.7 Å². The van der Waals surface area contributed by atoms with Gasteiger partial charge in [0.15, 0.2) is 18.1 Å². The van der Waals surface area contributed by atoms with E-state index in [0.29, 0.717) is 29.6 Å². The third-order valence-electron chi connectivity index (χ3n) is 5.62. The van der Waals surface area contributed by atoms with Gasteiger partial charge >= 0.3 is 5.97 Å². The Morgan fingerprint density at radius 3 is 2.34 bits per heavy atom. The van der Waals surface area contributed by atoms with Gasteiger partial charge in [0.2, 0.25) is 0 Å². The topological polar surface area (TPSA) is 129 Å². The van der Waals surface area contributed by atoms with Crippen LogP contribution in [-0.2, 0) is 4.79 Å². The van der Waals surface area contributed by atoms with Crippen molar-refractivity contribution in [2.75, 3.05) is 13.2 Å². The number of carbonyl (C=O) groups excluding carboxylic acids is 2. The molecule has 0 radical (unpaired) electrons. The molecule has 10 nitrogen and oxygen atoms in total. The highest BCUT2D eigenvalue weighted by molar-refractivity contribution is 5.92. The third-order valence-corrected chi connectivity index (χ3v) is 5.62. The van der Waals surface area contributed by atoms with Gasteiger partial charge in [-0.3, -0.25) is 14.9 Å². The van der Waals surface area contributed by atoms with E-state index in [4.69, 9.17) is 14.2 Å². The van der Waals surface area contributed by atoms with Crippen molar-refractivity contribution in [1.29, 1.82) is 0 Å². The van der Waals surface area contributed by atoms with E-state index in [0.717, 1.165) is 6.42 Å². The van der Waals surface area contributed by atoms with Crippen molar-refractivity contribution < 1.29 is 28.7 Å². The van der Waals surface area contributed by atoms with Crippen molar-refractivity contribution in [2.24, 2.45) is 5.10 Å². The average molecular weight is 520 g/mol. The molecule has 3 rings (SSSR count). The van der Waals surface area contributed by atoms with E-state index in [2.05, 4.69) is 24.4 Å². The van der Waals surface area contributed by atoms with Crippen LogP contribution in [0.4, 0.5) is 5.69 Å². The van der Waals surface area contributed by atoms with Gasteiger partial charge in [-0.15, -0.1) is 0 Å². The molecule has 0 saturated heterocycles. The molecule has 0 aliphatic carbocycles. The highest BCUT2D eigenvalue weighted by atomic mass is 16.6. The zero-order valence-electron chi connectivity index (χ0n) is 21.4. The van der Waals surface area contributed by atoms with Gasteiger partial charge < -0.3 is 14.2 Å². The molecule has 0 aromatic heterocycles. The van der Waals surface area contributed by atoms with Crippen LogP contribution in [0.25, 0.3) is 0 Å². The fourth-order valence-electron chi connectivity index (χ4n) is 3.32. The third kappa shape index (κ3) is 7.89. The quantitative estimate of drug-likeness (QED) is 0.114. The second-order valence-corrected chi connectivity index (χ2v) is 8.29. The van der Waals surface area contributed by atoms with Gasteiger partial charge in [-0.1, -0.05) is 26.0 Å². The van der Waals surface area contributed by atoms with Crippen molar-refractivity contribution in [3.8, 4) is 17.2 Å². The number of nitrogens with one attached hydrogen (secondary N) is 1. The van der Waals surface area contributed by atoms with E-state index in [1.54, 1.807) is 19.1 Å². The first-order valence-electron chi connectivity index (χ1n) is 12.1. The van der Waals surface area contributed by atoms with Crippen LogP contribution in [0.15, 0.2) is 71.8 Å². The highest BCUT2D eigenvalue weighted by Gasteiger charge is 2.15. The Morgan fingerprint density at radius 1 is 1.00 bits per heavy atom. The smallest absolute Gasteiger partial charge is 0.343 e. The molecule has 198 valence electrons. The molecule has 1 amide bonds. The Kier molecular flexibility index (Phi) is 9.93. The second-order valence-electron chi connectivity index (χ2n) is 8.29. The number of nitro benzene ring substituents is 1. The lowest BCUT2D eigenvalue weighted by molar-refractivity contribution is -0.384. The summed E-state index contributed by atoms with van der Waals surface area (Å²) >= 11 is 0. The second kappa shape index (κ2) is 13.5. The number of non-ortho nitro benzene ring substituents is 1. The summed E-state index contributed by atoms with van der Waals surface area (Å²) < 4.78 is 16.5. The number of benzene rings is 3. The van der Waals surface area contributed by atoms with Gasteiger partial charge in [-0.05, 0) is 72.9 Å². The van der Waals surface area contributed by atoms with Crippen molar-refractivity contribution in [3.05, 3.63) is 93.5 Å². The number of rotatable bonds is 12. The summed E-state index contributed by atoms with van der Waals surface area (Å²) in [7, 11) is 0. The maximum absolute atomic E-state index is 12.5. The molecule has 0 spiro atoms. The van der Waals surface area contributed by atoms with Crippen LogP contribution in [-0.4, -0.2) is 36.2 Å². The lowest BCUT2D eigenvalue weighted by Gasteiger charge is -2.11. The summed E-state index contributed by atoms with van der Waals surface area (Å²) in [4.78, 5) is 34.8. The van der Waals surface area contributed by atoms with Gasteiger partial charge in [0.25, 0.3) is 11.6 Å². The number of hydrogen-bond acceptors (Lipinski definition) is 8. The molecule has 0 fully saturated rings. The van der Waals surface area contributed by atoms with Crippen molar-refractivity contribution >= 4 is 23.8 Å². The molecule has 0 aliphatic rings. The lowest BCUT2D eigenvalue weighted by atomic mass is 9.99. The molecular weight excluding hydrogens is 490 g/mol. The van der Waals surface area contributed by atoms with E-state index in [-0.39, 0.29) is 23.6 Å². The number of amides is 1. The molecule has 0 saturated carbocycles. The first kappa shape index (κ1) is 27.9. The minimum absolute atomic E-state index is 0.130. The summed E-state index contributed by atoms with van der Waals surface area (Å²) in [6, 6.07) is 17.5. The predicted octanol–water partition coefficient (Wildman–Crippen LogP) is 5.26. The Hall–Kier alpha value is -4.73. The first-order valence-corrected chi connectivity index (χ1v) is 12.1. The zero-order valence-corrected chi connectivity index (χ0v) is 21.4. The molecule has 0 bridgehead atoms. The monoisotopic (exact) mass is 519 g/mol.